The van der Waals surface area contributed by atoms with Gasteiger partial charge in [0.25, 0.3) is 0 Å². The number of piperidine rings is 2. The van der Waals surface area contributed by atoms with E-state index in [4.69, 9.17) is 9.73 Å². The first-order valence-corrected chi connectivity index (χ1v) is 12.8. The molecule has 0 radical (unpaired) electrons. The van der Waals surface area contributed by atoms with Crippen LogP contribution in [0, 0.1) is 5.92 Å². The average molecular weight is 437 g/mol. The van der Waals surface area contributed by atoms with Crippen molar-refractivity contribution in [3.8, 4) is 0 Å². The van der Waals surface area contributed by atoms with E-state index in [9.17, 15) is 0 Å². The van der Waals surface area contributed by atoms with Gasteiger partial charge in [-0.05, 0) is 71.8 Å². The Labute approximate surface area is 191 Å². The maximum absolute atomic E-state index is 5.57. The first kappa shape index (κ1) is 24.7. The number of rotatable bonds is 8. The highest BCUT2D eigenvalue weighted by Crippen LogP contribution is 2.31. The van der Waals surface area contributed by atoms with Crippen molar-refractivity contribution in [3.05, 3.63) is 0 Å². The summed E-state index contributed by atoms with van der Waals surface area (Å²) in [6, 6.07) is 0.507. The minimum absolute atomic E-state index is 0.233. The van der Waals surface area contributed by atoms with Crippen molar-refractivity contribution in [2.75, 3.05) is 79.2 Å². The summed E-state index contributed by atoms with van der Waals surface area (Å²) in [6.07, 6.45) is 6.53. The van der Waals surface area contributed by atoms with E-state index in [2.05, 4.69) is 53.2 Å². The van der Waals surface area contributed by atoms with Crippen LogP contribution in [0.15, 0.2) is 4.99 Å². The van der Waals surface area contributed by atoms with Crippen molar-refractivity contribution < 1.29 is 4.74 Å². The Hall–Kier alpha value is -0.890. The molecule has 7 heteroatoms. The molecular weight excluding hydrogens is 388 g/mol. The summed E-state index contributed by atoms with van der Waals surface area (Å²) in [4.78, 5) is 13.0. The van der Waals surface area contributed by atoms with Gasteiger partial charge in [0.1, 0.15) is 0 Å². The molecule has 0 aliphatic carbocycles. The van der Waals surface area contributed by atoms with Gasteiger partial charge >= 0.3 is 0 Å². The molecular formula is C24H48N6O. The Morgan fingerprint density at radius 2 is 1.65 bits per heavy atom. The first-order valence-electron chi connectivity index (χ1n) is 12.8. The zero-order chi connectivity index (χ0) is 22.1. The van der Waals surface area contributed by atoms with Crippen molar-refractivity contribution in [2.45, 2.75) is 64.5 Å². The van der Waals surface area contributed by atoms with E-state index in [-0.39, 0.29) is 5.54 Å². The molecule has 3 aliphatic rings. The van der Waals surface area contributed by atoms with E-state index in [1.165, 1.54) is 58.3 Å². The molecule has 3 heterocycles. The molecule has 3 rings (SSSR count). The second kappa shape index (κ2) is 12.4. The van der Waals surface area contributed by atoms with Gasteiger partial charge in [0.05, 0.1) is 19.8 Å². The van der Waals surface area contributed by atoms with Gasteiger partial charge in [-0.25, -0.2) is 0 Å². The summed E-state index contributed by atoms with van der Waals surface area (Å²) < 4.78 is 5.57. The highest BCUT2D eigenvalue weighted by molar-refractivity contribution is 5.79. The van der Waals surface area contributed by atoms with Gasteiger partial charge in [0.2, 0.25) is 0 Å². The third-order valence-corrected chi connectivity index (χ3v) is 7.58. The fourth-order valence-electron chi connectivity index (χ4n) is 5.44. The number of morpholine rings is 1. The van der Waals surface area contributed by atoms with Gasteiger partial charge < -0.3 is 20.3 Å². The largest absolute Gasteiger partial charge is 0.379 e. The lowest BCUT2D eigenvalue weighted by Gasteiger charge is -2.49. The number of hydrogen-bond donors (Lipinski definition) is 2. The Morgan fingerprint density at radius 1 is 0.968 bits per heavy atom. The van der Waals surface area contributed by atoms with Crippen LogP contribution in [-0.4, -0.2) is 111 Å². The predicted molar refractivity (Wildman–Crippen MR) is 130 cm³/mol. The van der Waals surface area contributed by atoms with Crippen molar-refractivity contribution >= 4 is 5.96 Å². The highest BCUT2D eigenvalue weighted by atomic mass is 16.5. The number of aliphatic imine (C=N–C) groups is 1. The van der Waals surface area contributed by atoms with Crippen LogP contribution in [-0.2, 0) is 4.74 Å². The van der Waals surface area contributed by atoms with E-state index < -0.39 is 0 Å². The smallest absolute Gasteiger partial charge is 0.191 e. The van der Waals surface area contributed by atoms with Crippen molar-refractivity contribution in [2.24, 2.45) is 10.9 Å². The standard InChI is InChI=1S/C24H48N6O/c1-5-25-23(26-19-22(21(2)3)29-15-17-31-18-16-29)27-20-24(9-13-28(4)14-10-24)30-11-7-6-8-12-30/h21-22H,5-20H2,1-4H3,(H2,25,26,27). The topological polar surface area (TPSA) is 55.4 Å². The average Bonchev–Trinajstić information content (AvgIpc) is 2.80. The Morgan fingerprint density at radius 3 is 2.26 bits per heavy atom. The minimum Gasteiger partial charge on any atom is -0.379 e. The van der Waals surface area contributed by atoms with E-state index in [1.807, 2.05) is 0 Å². The van der Waals surface area contributed by atoms with Crippen LogP contribution >= 0.6 is 0 Å². The summed E-state index contributed by atoms with van der Waals surface area (Å²) in [5, 5.41) is 7.21. The molecule has 7 nitrogen and oxygen atoms in total. The van der Waals surface area contributed by atoms with Gasteiger partial charge in [0, 0.05) is 37.8 Å². The molecule has 0 bridgehead atoms. The molecule has 0 aromatic carbocycles. The fourth-order valence-corrected chi connectivity index (χ4v) is 5.44. The van der Waals surface area contributed by atoms with Crippen LogP contribution in [0.2, 0.25) is 0 Å². The number of hydrogen-bond acceptors (Lipinski definition) is 5. The SMILES string of the molecule is CCNC(=NCC1(N2CCCCC2)CCN(C)CC1)NCC(C(C)C)N1CCOCC1. The number of ether oxygens (including phenoxy) is 1. The third kappa shape index (κ3) is 7.04. The molecule has 1 unspecified atom stereocenters. The van der Waals surface area contributed by atoms with Gasteiger partial charge in [-0.1, -0.05) is 20.3 Å². The van der Waals surface area contributed by atoms with E-state index in [0.29, 0.717) is 12.0 Å². The lowest BCUT2D eigenvalue weighted by molar-refractivity contribution is 0.00746. The predicted octanol–water partition coefficient (Wildman–Crippen LogP) is 1.85. The maximum Gasteiger partial charge on any atom is 0.191 e. The lowest BCUT2D eigenvalue weighted by atomic mass is 9.84. The molecule has 1 atom stereocenters. The normalized spacial score (nSPS) is 25.5. The van der Waals surface area contributed by atoms with E-state index >= 15 is 0 Å². The van der Waals surface area contributed by atoms with Crippen LogP contribution in [0.3, 0.4) is 0 Å². The Bertz CT molecular complexity index is 534. The molecule has 2 N–H and O–H groups in total. The molecule has 0 saturated carbocycles. The lowest BCUT2D eigenvalue weighted by Crippen LogP contribution is -2.58. The highest BCUT2D eigenvalue weighted by Gasteiger charge is 2.39. The zero-order valence-corrected chi connectivity index (χ0v) is 20.7. The first-order chi connectivity index (χ1) is 15.0. The molecule has 180 valence electrons. The third-order valence-electron chi connectivity index (χ3n) is 7.58. The van der Waals surface area contributed by atoms with E-state index in [0.717, 1.165) is 51.9 Å². The summed E-state index contributed by atoms with van der Waals surface area (Å²) in [6.45, 7) is 18.2. The zero-order valence-electron chi connectivity index (χ0n) is 20.7. The van der Waals surface area contributed by atoms with Crippen LogP contribution in [0.5, 0.6) is 0 Å². The minimum atomic E-state index is 0.233. The molecule has 0 aromatic rings. The van der Waals surface area contributed by atoms with Crippen LogP contribution < -0.4 is 10.6 Å². The number of nitrogens with one attached hydrogen (secondary N) is 2. The number of nitrogens with zero attached hydrogens (tertiary/aromatic N) is 4. The van der Waals surface area contributed by atoms with Crippen molar-refractivity contribution in [1.82, 2.24) is 25.3 Å². The van der Waals surface area contributed by atoms with Gasteiger partial charge in [0.15, 0.2) is 5.96 Å². The number of likely N-dealkylation sites (tertiary alicyclic amines) is 2. The summed E-state index contributed by atoms with van der Waals surface area (Å²) in [5.41, 5.74) is 0.233. The Kier molecular flexibility index (Phi) is 9.88. The van der Waals surface area contributed by atoms with Crippen LogP contribution in [0.4, 0.5) is 0 Å². The molecule has 3 fully saturated rings. The molecule has 0 spiro atoms. The second-order valence-electron chi connectivity index (χ2n) is 10.1. The van der Waals surface area contributed by atoms with Crippen LogP contribution in [0.1, 0.15) is 52.9 Å². The molecule has 0 aromatic heterocycles. The summed E-state index contributed by atoms with van der Waals surface area (Å²) in [5.74, 6) is 1.58. The number of guanidine groups is 1. The summed E-state index contributed by atoms with van der Waals surface area (Å²) in [7, 11) is 2.26. The second-order valence-corrected chi connectivity index (χ2v) is 10.1. The van der Waals surface area contributed by atoms with Gasteiger partial charge in [-0.15, -0.1) is 0 Å². The molecule has 31 heavy (non-hydrogen) atoms. The van der Waals surface area contributed by atoms with Gasteiger partial charge in [-0.2, -0.15) is 0 Å². The quantitative estimate of drug-likeness (QED) is 0.447. The fraction of sp³-hybridized carbons (Fsp3) is 0.958. The molecule has 3 aliphatic heterocycles. The molecule has 3 saturated heterocycles. The molecule has 0 amide bonds. The van der Waals surface area contributed by atoms with E-state index in [1.54, 1.807) is 0 Å². The summed E-state index contributed by atoms with van der Waals surface area (Å²) >= 11 is 0. The Balaban J connectivity index is 1.65. The van der Waals surface area contributed by atoms with Gasteiger partial charge in [-0.3, -0.25) is 14.8 Å². The van der Waals surface area contributed by atoms with Crippen molar-refractivity contribution in [1.29, 1.82) is 0 Å². The van der Waals surface area contributed by atoms with Crippen molar-refractivity contribution in [3.63, 3.8) is 0 Å². The maximum atomic E-state index is 5.57. The monoisotopic (exact) mass is 436 g/mol. The van der Waals surface area contributed by atoms with Crippen LogP contribution in [0.25, 0.3) is 0 Å².